The molecule has 1 aliphatic heterocycles. The first kappa shape index (κ1) is 27.1. The molecule has 0 radical (unpaired) electrons. The maximum Gasteiger partial charge on any atom is 0.341 e. The second-order valence-electron chi connectivity index (χ2n) is 9.41. The Hall–Kier alpha value is -4.51. The van der Waals surface area contributed by atoms with Crippen molar-refractivity contribution in [1.29, 1.82) is 0 Å². The number of benzene rings is 1. The van der Waals surface area contributed by atoms with Crippen LogP contribution in [0.25, 0.3) is 16.7 Å². The van der Waals surface area contributed by atoms with Gasteiger partial charge in [-0.15, -0.1) is 0 Å². The highest BCUT2D eigenvalue weighted by Crippen LogP contribution is 2.23. The molecule has 0 spiro atoms. The van der Waals surface area contributed by atoms with Crippen molar-refractivity contribution in [2.24, 2.45) is 4.99 Å². The van der Waals surface area contributed by atoms with Crippen molar-refractivity contribution in [1.82, 2.24) is 14.0 Å². The molecule has 11 heteroatoms. The van der Waals surface area contributed by atoms with Gasteiger partial charge in [-0.05, 0) is 56.5 Å². The van der Waals surface area contributed by atoms with Gasteiger partial charge in [-0.3, -0.25) is 14.0 Å². The van der Waals surface area contributed by atoms with E-state index in [-0.39, 0.29) is 52.5 Å². The molecule has 5 rings (SSSR count). The van der Waals surface area contributed by atoms with Crippen LogP contribution in [0, 0.1) is 6.92 Å². The summed E-state index contributed by atoms with van der Waals surface area (Å²) in [7, 11) is 2.96. The summed E-state index contributed by atoms with van der Waals surface area (Å²) >= 11 is 0. The summed E-state index contributed by atoms with van der Waals surface area (Å²) in [5.41, 5.74) is 1.37. The van der Waals surface area contributed by atoms with Crippen LogP contribution >= 0.6 is 0 Å². The van der Waals surface area contributed by atoms with E-state index < -0.39 is 11.9 Å². The van der Waals surface area contributed by atoms with Gasteiger partial charge in [-0.25, -0.2) is 9.78 Å². The highest BCUT2D eigenvalue weighted by Gasteiger charge is 2.24. The first-order valence-corrected chi connectivity index (χ1v) is 13.0. The first-order chi connectivity index (χ1) is 19.3. The fourth-order valence-electron chi connectivity index (χ4n) is 4.82. The van der Waals surface area contributed by atoms with Crippen LogP contribution in [-0.2, 0) is 16.0 Å². The third-order valence-electron chi connectivity index (χ3n) is 6.82. The third-order valence-corrected chi connectivity index (χ3v) is 6.82. The van der Waals surface area contributed by atoms with E-state index in [1.54, 1.807) is 29.8 Å². The number of esters is 1. The molecule has 0 aliphatic carbocycles. The highest BCUT2D eigenvalue weighted by atomic mass is 16.5. The van der Waals surface area contributed by atoms with Gasteiger partial charge in [0.1, 0.15) is 28.4 Å². The molecule has 1 amide bonds. The number of methoxy groups -OCH3 is 2. The number of aromatic nitrogens is 3. The molecule has 4 aromatic rings. The van der Waals surface area contributed by atoms with E-state index in [0.29, 0.717) is 23.8 Å². The van der Waals surface area contributed by atoms with E-state index in [9.17, 15) is 14.4 Å². The molecule has 0 N–H and O–H groups in total. The lowest BCUT2D eigenvalue weighted by Gasteiger charge is -2.18. The molecule has 4 heterocycles. The predicted molar refractivity (Wildman–Crippen MR) is 146 cm³/mol. The summed E-state index contributed by atoms with van der Waals surface area (Å²) in [6.45, 7) is 4.45. The minimum atomic E-state index is -0.714. The van der Waals surface area contributed by atoms with Crippen LogP contribution in [0.1, 0.15) is 46.0 Å². The predicted octanol–water partition coefficient (Wildman–Crippen LogP) is 3.07. The average Bonchev–Trinajstić information content (AvgIpc) is 3.48. The van der Waals surface area contributed by atoms with Gasteiger partial charge in [-0.1, -0.05) is 6.07 Å². The Morgan fingerprint density at radius 2 is 1.88 bits per heavy atom. The number of aryl methyl sites for hydroxylation is 1. The molecule has 3 aromatic heterocycles. The van der Waals surface area contributed by atoms with Crippen molar-refractivity contribution in [3.05, 3.63) is 75.1 Å². The highest BCUT2D eigenvalue weighted by molar-refractivity contribution is 5.97. The van der Waals surface area contributed by atoms with Crippen LogP contribution in [0.4, 0.5) is 0 Å². The Morgan fingerprint density at radius 1 is 1.12 bits per heavy atom. The second kappa shape index (κ2) is 11.3. The molecule has 1 fully saturated rings. The molecule has 1 unspecified atom stereocenters. The van der Waals surface area contributed by atoms with E-state index in [1.807, 2.05) is 13.0 Å². The van der Waals surface area contributed by atoms with Gasteiger partial charge in [0, 0.05) is 24.4 Å². The lowest BCUT2D eigenvalue weighted by atomic mass is 10.1. The number of carbonyl (C=O) groups is 2. The zero-order valence-corrected chi connectivity index (χ0v) is 22.8. The zero-order chi connectivity index (χ0) is 28.4. The van der Waals surface area contributed by atoms with E-state index in [4.69, 9.17) is 23.9 Å². The lowest BCUT2D eigenvalue weighted by Crippen LogP contribution is -2.35. The SMILES string of the molecule is CCOC(=O)c1cc2c(=O)n3cccc(C)c3nc2n(CC2CCCO2)c1=NC(=O)c1cc(OC)cc(OC)c1. The summed E-state index contributed by atoms with van der Waals surface area (Å²) in [5, 5.41) is 0.193. The topological polar surface area (TPSA) is 123 Å². The van der Waals surface area contributed by atoms with Crippen molar-refractivity contribution >= 4 is 28.6 Å². The number of carbonyl (C=O) groups excluding carboxylic acids is 2. The van der Waals surface area contributed by atoms with Crippen LogP contribution in [0.5, 0.6) is 11.5 Å². The molecule has 1 atom stereocenters. The number of nitrogens with zero attached hydrogens (tertiary/aromatic N) is 4. The second-order valence-corrected chi connectivity index (χ2v) is 9.41. The number of hydrogen-bond donors (Lipinski definition) is 0. The first-order valence-electron chi connectivity index (χ1n) is 13.0. The van der Waals surface area contributed by atoms with Crippen molar-refractivity contribution in [2.75, 3.05) is 27.4 Å². The molecule has 40 heavy (non-hydrogen) atoms. The van der Waals surface area contributed by atoms with E-state index in [1.165, 1.54) is 36.8 Å². The van der Waals surface area contributed by atoms with Gasteiger partial charge < -0.3 is 23.5 Å². The number of ether oxygens (including phenoxy) is 4. The standard InChI is InChI=1S/C29H30N4O7/c1-5-39-29(36)23-15-22-25(30-24-17(2)8-6-10-32(24)28(22)35)33(16-19-9-7-11-40-19)26(23)31-27(34)18-12-20(37-3)14-21(13-18)38-4/h6,8,10,12-15,19H,5,7,9,11,16H2,1-4H3. The fraction of sp³-hybridized carbons (Fsp3) is 0.345. The third kappa shape index (κ3) is 5.07. The Bertz CT molecular complexity index is 1730. The van der Waals surface area contributed by atoms with Crippen LogP contribution in [-0.4, -0.2) is 59.4 Å². The Kier molecular flexibility index (Phi) is 7.65. The number of fused-ring (bicyclic) bond motifs is 2. The number of pyridine rings is 2. The van der Waals surface area contributed by atoms with Gasteiger partial charge in [0.2, 0.25) is 0 Å². The number of amides is 1. The van der Waals surface area contributed by atoms with E-state index in [0.717, 1.165) is 18.4 Å². The molecule has 1 aromatic carbocycles. The quantitative estimate of drug-likeness (QED) is 0.256. The minimum absolute atomic E-state index is 0.0259. The van der Waals surface area contributed by atoms with Crippen molar-refractivity contribution in [3.63, 3.8) is 0 Å². The number of hydrogen-bond acceptors (Lipinski definition) is 8. The largest absolute Gasteiger partial charge is 0.497 e. The van der Waals surface area contributed by atoms with Crippen LogP contribution < -0.4 is 20.5 Å². The van der Waals surface area contributed by atoms with E-state index >= 15 is 0 Å². The summed E-state index contributed by atoms with van der Waals surface area (Å²) in [4.78, 5) is 49.7. The minimum Gasteiger partial charge on any atom is -0.497 e. The molecular weight excluding hydrogens is 516 g/mol. The number of rotatable bonds is 7. The van der Waals surface area contributed by atoms with Gasteiger partial charge in [-0.2, -0.15) is 4.99 Å². The smallest absolute Gasteiger partial charge is 0.341 e. The average molecular weight is 547 g/mol. The maximum atomic E-state index is 13.7. The Balaban J connectivity index is 1.86. The monoisotopic (exact) mass is 546 g/mol. The van der Waals surface area contributed by atoms with E-state index in [2.05, 4.69) is 4.99 Å². The molecule has 1 aliphatic rings. The fourth-order valence-corrected chi connectivity index (χ4v) is 4.82. The van der Waals surface area contributed by atoms with Crippen LogP contribution in [0.2, 0.25) is 0 Å². The maximum absolute atomic E-state index is 13.7. The normalized spacial score (nSPS) is 15.5. The van der Waals surface area contributed by atoms with Crippen LogP contribution in [0.15, 0.2) is 52.4 Å². The van der Waals surface area contributed by atoms with Gasteiger partial charge >= 0.3 is 5.97 Å². The Morgan fingerprint density at radius 3 is 2.52 bits per heavy atom. The van der Waals surface area contributed by atoms with Gasteiger partial charge in [0.25, 0.3) is 11.5 Å². The van der Waals surface area contributed by atoms with Crippen molar-refractivity contribution in [2.45, 2.75) is 39.3 Å². The molecular formula is C29H30N4O7. The molecule has 208 valence electrons. The van der Waals surface area contributed by atoms with Gasteiger partial charge in [0.15, 0.2) is 5.49 Å². The summed E-state index contributed by atoms with van der Waals surface area (Å²) in [6.07, 6.45) is 3.05. The van der Waals surface area contributed by atoms with Crippen LogP contribution in [0.3, 0.4) is 0 Å². The molecule has 1 saturated heterocycles. The van der Waals surface area contributed by atoms with Crippen molar-refractivity contribution < 1.29 is 28.5 Å². The van der Waals surface area contributed by atoms with Gasteiger partial charge in [0.05, 0.1) is 38.9 Å². The summed E-state index contributed by atoms with van der Waals surface area (Å²) in [5.74, 6) is -0.539. The zero-order valence-electron chi connectivity index (χ0n) is 22.8. The molecule has 0 saturated carbocycles. The lowest BCUT2D eigenvalue weighted by molar-refractivity contribution is 0.0521. The molecule has 11 nitrogen and oxygen atoms in total. The van der Waals surface area contributed by atoms with Crippen molar-refractivity contribution in [3.8, 4) is 11.5 Å². The summed E-state index contributed by atoms with van der Waals surface area (Å²) < 4.78 is 24.9. The molecule has 0 bridgehead atoms. The summed E-state index contributed by atoms with van der Waals surface area (Å²) in [6, 6.07) is 9.72. The Labute approximate surface area is 229 Å².